The lowest BCUT2D eigenvalue weighted by Crippen LogP contribution is -2.23. The monoisotopic (exact) mass is 275 g/mol. The van der Waals surface area contributed by atoms with Crippen molar-refractivity contribution in [3.8, 4) is 0 Å². The van der Waals surface area contributed by atoms with E-state index < -0.39 is 0 Å². The largest absolute Gasteiger partial charge is 0.384 e. The lowest BCUT2D eigenvalue weighted by molar-refractivity contribution is 0.864. The van der Waals surface area contributed by atoms with Gasteiger partial charge >= 0.3 is 0 Å². The van der Waals surface area contributed by atoms with Crippen LogP contribution in [0.4, 0.5) is 5.82 Å². The Balaban J connectivity index is 2.29. The van der Waals surface area contributed by atoms with Crippen LogP contribution in [0.2, 0.25) is 0 Å². The van der Waals surface area contributed by atoms with Gasteiger partial charge in [0.2, 0.25) is 0 Å². The molecule has 2 rings (SSSR count). The zero-order chi connectivity index (χ0) is 14.0. The number of nitrogens with one attached hydrogen (secondary N) is 1. The molecule has 2 aromatic rings. The maximum atomic E-state index is 7.62. The summed E-state index contributed by atoms with van der Waals surface area (Å²) in [4.78, 5) is 10.9. The number of amidine groups is 1. The maximum absolute atomic E-state index is 7.62. The van der Waals surface area contributed by atoms with Crippen LogP contribution in [0.1, 0.15) is 22.0 Å². The van der Waals surface area contributed by atoms with E-state index in [1.807, 2.05) is 43.3 Å². The highest BCUT2D eigenvalue weighted by Crippen LogP contribution is 2.19. The van der Waals surface area contributed by atoms with Gasteiger partial charge in [-0.3, -0.25) is 5.41 Å². The number of hydrogen-bond donors (Lipinski definition) is 2. The van der Waals surface area contributed by atoms with E-state index in [0.717, 1.165) is 22.2 Å². The van der Waals surface area contributed by atoms with E-state index in [1.54, 1.807) is 11.3 Å². The zero-order valence-corrected chi connectivity index (χ0v) is 12.1. The van der Waals surface area contributed by atoms with Gasteiger partial charge in [-0.1, -0.05) is 0 Å². The van der Waals surface area contributed by atoms with Crippen LogP contribution >= 0.6 is 11.3 Å². The van der Waals surface area contributed by atoms with Crippen molar-refractivity contribution in [2.75, 3.05) is 11.9 Å². The quantitative estimate of drug-likeness (QED) is 0.661. The maximum Gasteiger partial charge on any atom is 0.139 e. The molecule has 0 aliphatic rings. The molecule has 0 fully saturated rings. The third kappa shape index (κ3) is 3.08. The number of hydrogen-bond acceptors (Lipinski definition) is 5. The summed E-state index contributed by atoms with van der Waals surface area (Å²) < 4.78 is 0. The van der Waals surface area contributed by atoms with Crippen LogP contribution in [0.5, 0.6) is 0 Å². The van der Waals surface area contributed by atoms with E-state index >= 15 is 0 Å². The van der Waals surface area contributed by atoms with Gasteiger partial charge in [0.15, 0.2) is 0 Å². The van der Waals surface area contributed by atoms with Crippen LogP contribution in [0.15, 0.2) is 17.5 Å². The molecular weight excluding hydrogens is 258 g/mol. The van der Waals surface area contributed by atoms with E-state index in [4.69, 9.17) is 11.1 Å². The van der Waals surface area contributed by atoms with Crippen LogP contribution in [0, 0.1) is 19.3 Å². The van der Waals surface area contributed by atoms with Crippen LogP contribution < -0.4 is 10.6 Å². The molecule has 0 amide bonds. The van der Waals surface area contributed by atoms with Crippen LogP contribution in [0.25, 0.3) is 0 Å². The molecule has 0 aliphatic heterocycles. The Labute approximate surface area is 116 Å². The average molecular weight is 275 g/mol. The molecule has 0 saturated heterocycles. The smallest absolute Gasteiger partial charge is 0.139 e. The molecule has 0 spiro atoms. The normalized spacial score (nSPS) is 10.5. The fourth-order valence-electron chi connectivity index (χ4n) is 1.84. The Kier molecular flexibility index (Phi) is 3.80. The Morgan fingerprint density at radius 1 is 1.37 bits per heavy atom. The van der Waals surface area contributed by atoms with Gasteiger partial charge in [-0.25, -0.2) is 9.97 Å². The van der Waals surface area contributed by atoms with E-state index in [0.29, 0.717) is 12.1 Å². The number of rotatable bonds is 4. The van der Waals surface area contributed by atoms with E-state index in [2.05, 4.69) is 9.97 Å². The second-order valence-corrected chi connectivity index (χ2v) is 5.51. The van der Waals surface area contributed by atoms with Crippen molar-refractivity contribution in [2.45, 2.75) is 20.4 Å². The van der Waals surface area contributed by atoms with Crippen molar-refractivity contribution in [3.63, 3.8) is 0 Å². The molecule has 2 aromatic heterocycles. The van der Waals surface area contributed by atoms with Crippen molar-refractivity contribution >= 4 is 23.0 Å². The number of pyridine rings is 1. The lowest BCUT2D eigenvalue weighted by atomic mass is 10.2. The third-order valence-electron chi connectivity index (χ3n) is 2.73. The zero-order valence-electron chi connectivity index (χ0n) is 11.3. The number of nitrogens with zero attached hydrogens (tertiary/aromatic N) is 3. The lowest BCUT2D eigenvalue weighted by Gasteiger charge is -2.20. The Hall–Kier alpha value is -1.95. The predicted octanol–water partition coefficient (Wildman–Crippen LogP) is 2.08. The van der Waals surface area contributed by atoms with Crippen molar-refractivity contribution < 1.29 is 0 Å². The van der Waals surface area contributed by atoms with E-state index in [9.17, 15) is 0 Å². The molecule has 3 N–H and O–H groups in total. The molecule has 0 aliphatic carbocycles. The molecule has 19 heavy (non-hydrogen) atoms. The number of aromatic nitrogens is 2. The van der Waals surface area contributed by atoms with Gasteiger partial charge in [-0.2, -0.15) is 0 Å². The van der Waals surface area contributed by atoms with Crippen LogP contribution in [0.3, 0.4) is 0 Å². The van der Waals surface area contributed by atoms with Gasteiger partial charge in [0.25, 0.3) is 0 Å². The van der Waals surface area contributed by atoms with E-state index in [1.165, 1.54) is 0 Å². The van der Waals surface area contributed by atoms with Crippen LogP contribution in [-0.2, 0) is 6.54 Å². The molecule has 0 atom stereocenters. The van der Waals surface area contributed by atoms with Gasteiger partial charge in [-0.15, -0.1) is 11.3 Å². The average Bonchev–Trinajstić information content (AvgIpc) is 2.74. The van der Waals surface area contributed by atoms with Crippen molar-refractivity contribution in [1.82, 2.24) is 9.97 Å². The SMILES string of the molecule is Cc1ccc(C(=N)N)c(N(C)Cc2csc(C)n2)n1. The van der Waals surface area contributed by atoms with Gasteiger partial charge in [0, 0.05) is 18.1 Å². The molecule has 6 heteroatoms. The van der Waals surface area contributed by atoms with Gasteiger partial charge in [0.1, 0.15) is 11.7 Å². The minimum Gasteiger partial charge on any atom is -0.384 e. The molecule has 0 aromatic carbocycles. The second kappa shape index (κ2) is 5.36. The number of anilines is 1. The van der Waals surface area contributed by atoms with Crippen LogP contribution in [-0.4, -0.2) is 22.9 Å². The fourth-order valence-corrected chi connectivity index (χ4v) is 2.45. The molecular formula is C13H17N5S. The Morgan fingerprint density at radius 2 is 2.11 bits per heavy atom. The summed E-state index contributed by atoms with van der Waals surface area (Å²) in [5, 5.41) is 10.7. The van der Waals surface area contributed by atoms with Gasteiger partial charge in [-0.05, 0) is 26.0 Å². The van der Waals surface area contributed by atoms with Crippen molar-refractivity contribution in [1.29, 1.82) is 5.41 Å². The first-order chi connectivity index (χ1) is 8.97. The number of nitrogens with two attached hydrogens (primary N) is 1. The third-order valence-corrected chi connectivity index (χ3v) is 3.55. The van der Waals surface area contributed by atoms with E-state index in [-0.39, 0.29) is 5.84 Å². The number of aryl methyl sites for hydroxylation is 2. The Morgan fingerprint density at radius 3 is 2.68 bits per heavy atom. The summed E-state index contributed by atoms with van der Waals surface area (Å²) in [6.45, 7) is 4.56. The number of thiazole rings is 1. The first-order valence-electron chi connectivity index (χ1n) is 5.91. The summed E-state index contributed by atoms with van der Waals surface area (Å²) in [6, 6.07) is 3.70. The summed E-state index contributed by atoms with van der Waals surface area (Å²) in [6.07, 6.45) is 0. The summed E-state index contributed by atoms with van der Waals surface area (Å²) in [5.74, 6) is 0.752. The molecule has 0 unspecified atom stereocenters. The first-order valence-corrected chi connectivity index (χ1v) is 6.79. The summed E-state index contributed by atoms with van der Waals surface area (Å²) in [5.41, 5.74) is 8.16. The topological polar surface area (TPSA) is 78.9 Å². The highest BCUT2D eigenvalue weighted by atomic mass is 32.1. The summed E-state index contributed by atoms with van der Waals surface area (Å²) in [7, 11) is 1.93. The molecule has 0 saturated carbocycles. The molecule has 2 heterocycles. The highest BCUT2D eigenvalue weighted by Gasteiger charge is 2.13. The van der Waals surface area contributed by atoms with Gasteiger partial charge < -0.3 is 10.6 Å². The standard InChI is InChI=1S/C13H17N5S/c1-8-4-5-11(12(14)15)13(16-8)18(3)6-10-7-19-9(2)17-10/h4-5,7H,6H2,1-3H3,(H3,14,15). The molecule has 5 nitrogen and oxygen atoms in total. The Bertz CT molecular complexity index is 605. The fraction of sp³-hybridized carbons (Fsp3) is 0.308. The summed E-state index contributed by atoms with van der Waals surface area (Å²) >= 11 is 1.63. The highest BCUT2D eigenvalue weighted by molar-refractivity contribution is 7.09. The second-order valence-electron chi connectivity index (χ2n) is 4.45. The first kappa shape index (κ1) is 13.5. The van der Waals surface area contributed by atoms with Crippen molar-refractivity contribution in [2.24, 2.45) is 5.73 Å². The van der Waals surface area contributed by atoms with Gasteiger partial charge in [0.05, 0.1) is 22.8 Å². The molecule has 0 bridgehead atoms. The van der Waals surface area contributed by atoms with Crippen molar-refractivity contribution in [3.05, 3.63) is 39.5 Å². The molecule has 100 valence electrons. The number of nitrogen functional groups attached to an aromatic ring is 1. The predicted molar refractivity (Wildman–Crippen MR) is 78.9 cm³/mol. The minimum atomic E-state index is 0.0313. The molecule has 0 radical (unpaired) electrons. The minimum absolute atomic E-state index is 0.0313.